The summed E-state index contributed by atoms with van der Waals surface area (Å²) in [5, 5.41) is 6.38. The van der Waals surface area contributed by atoms with Crippen molar-refractivity contribution < 1.29 is 8.42 Å². The maximum Gasteiger partial charge on any atom is 0.258 e. The summed E-state index contributed by atoms with van der Waals surface area (Å²) in [6.07, 6.45) is 1.31. The molecule has 1 aromatic carbocycles. The number of nitrogens with one attached hydrogen (secondary N) is 1. The number of rotatable bonds is 4. The lowest BCUT2D eigenvalue weighted by Gasteiger charge is -2.14. The van der Waals surface area contributed by atoms with Crippen molar-refractivity contribution in [1.29, 1.82) is 0 Å². The number of sulfone groups is 1. The van der Waals surface area contributed by atoms with Crippen LogP contribution in [0.3, 0.4) is 0 Å². The summed E-state index contributed by atoms with van der Waals surface area (Å²) in [6.45, 7) is 3.26. The average molecular weight is 353 g/mol. The van der Waals surface area contributed by atoms with Crippen molar-refractivity contribution in [3.63, 3.8) is 0 Å². The molecular formula is C13H13ClN6O2S. The molecule has 0 aliphatic rings. The maximum absolute atomic E-state index is 12.5. The van der Waals surface area contributed by atoms with Crippen LogP contribution in [0.2, 0.25) is 5.28 Å². The van der Waals surface area contributed by atoms with Crippen molar-refractivity contribution in [2.45, 2.75) is 24.0 Å². The minimum absolute atomic E-state index is 0.0165. The average Bonchev–Trinajstić information content (AvgIpc) is 2.95. The molecule has 3 rings (SSSR count). The third-order valence-corrected chi connectivity index (χ3v) is 5.56. The van der Waals surface area contributed by atoms with E-state index < -0.39 is 15.1 Å². The van der Waals surface area contributed by atoms with E-state index >= 15 is 0 Å². The van der Waals surface area contributed by atoms with E-state index in [-0.39, 0.29) is 21.9 Å². The Morgan fingerprint density at radius 1 is 1.22 bits per heavy atom. The number of hydrogen-bond acceptors (Lipinski definition) is 7. The minimum atomic E-state index is -3.46. The van der Waals surface area contributed by atoms with E-state index in [4.69, 9.17) is 11.6 Å². The van der Waals surface area contributed by atoms with Crippen molar-refractivity contribution >= 4 is 38.9 Å². The first kappa shape index (κ1) is 15.6. The molecule has 0 radical (unpaired) electrons. The van der Waals surface area contributed by atoms with E-state index in [0.717, 1.165) is 0 Å². The van der Waals surface area contributed by atoms with Crippen molar-refractivity contribution in [3.05, 3.63) is 35.9 Å². The first-order valence-corrected chi connectivity index (χ1v) is 8.65. The third kappa shape index (κ3) is 2.84. The molecule has 0 atom stereocenters. The zero-order valence-corrected chi connectivity index (χ0v) is 13.9. The molecule has 0 amide bonds. The molecular weight excluding hydrogens is 340 g/mol. The van der Waals surface area contributed by atoms with Gasteiger partial charge in [0.25, 0.3) is 5.78 Å². The van der Waals surface area contributed by atoms with Gasteiger partial charge in [-0.2, -0.15) is 24.6 Å². The maximum atomic E-state index is 12.5. The zero-order chi connectivity index (χ0) is 16.6. The molecule has 0 aliphatic heterocycles. The fourth-order valence-electron chi connectivity index (χ4n) is 1.98. The molecule has 0 aliphatic carbocycles. The lowest BCUT2D eigenvalue weighted by molar-refractivity contribution is 0.587. The van der Waals surface area contributed by atoms with Crippen LogP contribution in [0.15, 0.2) is 35.5 Å². The van der Waals surface area contributed by atoms with Gasteiger partial charge < -0.3 is 5.32 Å². The van der Waals surface area contributed by atoms with Gasteiger partial charge in [0.05, 0.1) is 15.8 Å². The highest BCUT2D eigenvalue weighted by atomic mass is 35.5. The van der Waals surface area contributed by atoms with E-state index in [1.54, 1.807) is 38.1 Å². The molecule has 0 bridgehead atoms. The Kier molecular flexibility index (Phi) is 3.90. The number of benzene rings is 1. The van der Waals surface area contributed by atoms with Gasteiger partial charge in [0.2, 0.25) is 11.2 Å². The van der Waals surface area contributed by atoms with E-state index in [9.17, 15) is 8.42 Å². The van der Waals surface area contributed by atoms with Crippen molar-refractivity contribution in [3.8, 4) is 0 Å². The Labute approximate surface area is 137 Å². The van der Waals surface area contributed by atoms with Crippen LogP contribution in [0.5, 0.6) is 0 Å². The summed E-state index contributed by atoms with van der Waals surface area (Å²) >= 11 is 5.87. The largest absolute Gasteiger partial charge is 0.323 e. The Balaban J connectivity index is 2.12. The van der Waals surface area contributed by atoms with E-state index in [1.807, 2.05) is 0 Å². The van der Waals surface area contributed by atoms with Crippen LogP contribution >= 0.6 is 11.6 Å². The van der Waals surface area contributed by atoms with Crippen LogP contribution in [0.1, 0.15) is 13.8 Å². The molecule has 120 valence electrons. The van der Waals surface area contributed by atoms with Gasteiger partial charge in [-0.05, 0) is 37.6 Å². The second-order valence-corrected chi connectivity index (χ2v) is 7.81. The second-order valence-electron chi connectivity index (χ2n) is 5.00. The molecule has 10 heteroatoms. The Bertz CT molecular complexity index is 970. The van der Waals surface area contributed by atoms with Crippen molar-refractivity contribution in [2.24, 2.45) is 0 Å². The number of hydrogen-bond donors (Lipinski definition) is 1. The molecule has 1 N–H and O–H groups in total. The fraction of sp³-hybridized carbons (Fsp3) is 0.231. The van der Waals surface area contributed by atoms with Crippen molar-refractivity contribution in [2.75, 3.05) is 5.32 Å². The smallest absolute Gasteiger partial charge is 0.258 e. The monoisotopic (exact) mass is 352 g/mol. The number of aromatic nitrogens is 5. The van der Waals surface area contributed by atoms with Gasteiger partial charge >= 0.3 is 0 Å². The number of fused-ring (bicyclic) bond motifs is 1. The molecule has 0 fully saturated rings. The van der Waals surface area contributed by atoms with Gasteiger partial charge in [-0.15, -0.1) is 0 Å². The number of para-hydroxylation sites is 1. The highest BCUT2D eigenvalue weighted by Gasteiger charge is 2.23. The summed E-state index contributed by atoms with van der Waals surface area (Å²) in [7, 11) is -3.46. The van der Waals surface area contributed by atoms with Crippen LogP contribution < -0.4 is 5.32 Å². The summed E-state index contributed by atoms with van der Waals surface area (Å²) < 4.78 is 26.3. The SMILES string of the molecule is CC(C)S(=O)(=O)c1ccccc1Nc1nc(Cl)nc2ncnn12. The standard InChI is InChI=1S/C13H13ClN6O2S/c1-8(2)23(21,22)10-6-4-3-5-9(10)17-13-19-11(14)18-12-15-7-16-20(12)13/h3-8H,1-2H3,(H,15,16,17,18,19). The molecule has 2 aromatic heterocycles. The number of nitrogens with zero attached hydrogens (tertiary/aromatic N) is 5. The lowest BCUT2D eigenvalue weighted by atomic mass is 10.3. The summed E-state index contributed by atoms with van der Waals surface area (Å²) in [5.74, 6) is 0.487. The Hall–Kier alpha value is -2.26. The van der Waals surface area contributed by atoms with Gasteiger partial charge in [-0.1, -0.05) is 12.1 Å². The predicted octanol–water partition coefficient (Wildman–Crippen LogP) is 2.10. The first-order chi connectivity index (χ1) is 10.9. The van der Waals surface area contributed by atoms with Gasteiger partial charge in [0.15, 0.2) is 9.84 Å². The first-order valence-electron chi connectivity index (χ1n) is 6.73. The van der Waals surface area contributed by atoms with E-state index in [0.29, 0.717) is 5.69 Å². The molecule has 0 spiro atoms. The van der Waals surface area contributed by atoms with Crippen LogP contribution in [0, 0.1) is 0 Å². The molecule has 0 unspecified atom stereocenters. The second kappa shape index (κ2) is 5.74. The molecule has 23 heavy (non-hydrogen) atoms. The summed E-state index contributed by atoms with van der Waals surface area (Å²) in [4.78, 5) is 12.1. The fourth-order valence-corrected chi connectivity index (χ4v) is 3.33. The molecule has 0 saturated carbocycles. The molecule has 3 aromatic rings. The quantitative estimate of drug-likeness (QED) is 0.766. The molecule has 8 nitrogen and oxygen atoms in total. The highest BCUT2D eigenvalue weighted by Crippen LogP contribution is 2.27. The normalized spacial score (nSPS) is 12.0. The van der Waals surface area contributed by atoms with Gasteiger partial charge in [-0.25, -0.2) is 8.42 Å². The van der Waals surface area contributed by atoms with E-state index in [2.05, 4.69) is 25.4 Å². The van der Waals surface area contributed by atoms with Gasteiger partial charge in [0, 0.05) is 0 Å². The van der Waals surface area contributed by atoms with Crippen LogP contribution in [-0.2, 0) is 9.84 Å². The van der Waals surface area contributed by atoms with Crippen LogP contribution in [-0.4, -0.2) is 38.2 Å². The van der Waals surface area contributed by atoms with Crippen LogP contribution in [0.4, 0.5) is 11.6 Å². The third-order valence-electron chi connectivity index (χ3n) is 3.18. The predicted molar refractivity (Wildman–Crippen MR) is 85.6 cm³/mol. The topological polar surface area (TPSA) is 102 Å². The Morgan fingerprint density at radius 2 is 1.96 bits per heavy atom. The van der Waals surface area contributed by atoms with Crippen molar-refractivity contribution in [1.82, 2.24) is 24.6 Å². The number of anilines is 2. The summed E-state index contributed by atoms with van der Waals surface area (Å²) in [6, 6.07) is 6.58. The zero-order valence-electron chi connectivity index (χ0n) is 12.3. The molecule has 0 saturated heterocycles. The van der Waals surface area contributed by atoms with Gasteiger partial charge in [-0.3, -0.25) is 0 Å². The highest BCUT2D eigenvalue weighted by molar-refractivity contribution is 7.92. The number of halogens is 1. The Morgan fingerprint density at radius 3 is 2.70 bits per heavy atom. The lowest BCUT2D eigenvalue weighted by Crippen LogP contribution is -2.16. The minimum Gasteiger partial charge on any atom is -0.323 e. The van der Waals surface area contributed by atoms with Crippen LogP contribution in [0.25, 0.3) is 5.78 Å². The van der Waals surface area contributed by atoms with E-state index in [1.165, 1.54) is 10.8 Å². The molecule has 2 heterocycles. The summed E-state index contributed by atoms with van der Waals surface area (Å²) in [5.41, 5.74) is 0.382. The van der Waals surface area contributed by atoms with Gasteiger partial charge in [0.1, 0.15) is 6.33 Å².